The molecule has 1 aliphatic heterocycles. The van der Waals surface area contributed by atoms with E-state index < -0.39 is 10.0 Å². The van der Waals surface area contributed by atoms with E-state index >= 15 is 0 Å². The molecule has 1 saturated heterocycles. The molecule has 0 saturated carbocycles. The van der Waals surface area contributed by atoms with Crippen molar-refractivity contribution < 1.29 is 17.9 Å². The molecule has 1 unspecified atom stereocenters. The molecule has 1 aliphatic rings. The predicted molar refractivity (Wildman–Crippen MR) is 79.8 cm³/mol. The highest BCUT2D eigenvalue weighted by molar-refractivity contribution is 7.88. The van der Waals surface area contributed by atoms with Gasteiger partial charge in [-0.3, -0.25) is 4.79 Å². The van der Waals surface area contributed by atoms with Crippen LogP contribution >= 0.6 is 0 Å². The quantitative estimate of drug-likeness (QED) is 0.661. The second-order valence-corrected chi connectivity index (χ2v) is 7.14. The maximum absolute atomic E-state index is 12.5. The molecule has 1 atom stereocenters. The zero-order valence-corrected chi connectivity index (χ0v) is 12.8. The van der Waals surface area contributed by atoms with Gasteiger partial charge in [-0.05, 0) is 24.5 Å². The third-order valence-electron chi connectivity index (χ3n) is 3.71. The number of carbonyl (C=O) groups is 1. The Balaban J connectivity index is 2.12. The van der Waals surface area contributed by atoms with E-state index in [0.717, 1.165) is 0 Å². The number of nitrogens with zero attached hydrogens (tertiary/aromatic N) is 1. The Hall–Kier alpha value is -1.60. The molecule has 0 radical (unpaired) electrons. The van der Waals surface area contributed by atoms with Crippen molar-refractivity contribution in [2.75, 3.05) is 25.9 Å². The molecular formula is C14H20N2O4S. The first-order valence-electron chi connectivity index (χ1n) is 6.83. The van der Waals surface area contributed by atoms with Crippen LogP contribution in [0.1, 0.15) is 18.4 Å². The molecule has 0 spiro atoms. The van der Waals surface area contributed by atoms with Gasteiger partial charge in [0, 0.05) is 18.8 Å². The number of ether oxygens (including phenoxy) is 1. The Bertz CT molecular complexity index is 615. The summed E-state index contributed by atoms with van der Waals surface area (Å²) in [6, 6.07) is 6.90. The van der Waals surface area contributed by atoms with Gasteiger partial charge >= 0.3 is 5.97 Å². The van der Waals surface area contributed by atoms with Crippen LogP contribution in [0.4, 0.5) is 5.69 Å². The van der Waals surface area contributed by atoms with Crippen molar-refractivity contribution in [1.29, 1.82) is 0 Å². The highest BCUT2D eigenvalue weighted by Crippen LogP contribution is 2.23. The fourth-order valence-corrected chi connectivity index (χ4v) is 4.16. The first-order chi connectivity index (χ1) is 9.94. The van der Waals surface area contributed by atoms with Crippen molar-refractivity contribution in [1.82, 2.24) is 4.31 Å². The van der Waals surface area contributed by atoms with Crippen LogP contribution in [-0.2, 0) is 25.3 Å². The lowest BCUT2D eigenvalue weighted by molar-refractivity contribution is -0.146. The maximum Gasteiger partial charge on any atom is 0.309 e. The lowest BCUT2D eigenvalue weighted by Crippen LogP contribution is -2.43. The number of rotatable bonds is 4. The zero-order chi connectivity index (χ0) is 15.5. The molecule has 1 fully saturated rings. The number of nitrogens with two attached hydrogens (primary N) is 1. The molecule has 116 valence electrons. The number of hydrogen-bond donors (Lipinski definition) is 1. The molecule has 6 nitrogen and oxygen atoms in total. The van der Waals surface area contributed by atoms with Crippen molar-refractivity contribution >= 4 is 21.7 Å². The number of sulfonamides is 1. The third-order valence-corrected chi connectivity index (χ3v) is 5.50. The number of hydrogen-bond acceptors (Lipinski definition) is 5. The van der Waals surface area contributed by atoms with Gasteiger partial charge in [-0.1, -0.05) is 18.2 Å². The summed E-state index contributed by atoms with van der Waals surface area (Å²) in [4.78, 5) is 11.6. The maximum atomic E-state index is 12.5. The van der Waals surface area contributed by atoms with Crippen molar-refractivity contribution in [2.24, 2.45) is 5.92 Å². The summed E-state index contributed by atoms with van der Waals surface area (Å²) in [6.45, 7) is 0.615. The van der Waals surface area contributed by atoms with Crippen molar-refractivity contribution in [2.45, 2.75) is 18.6 Å². The Morgan fingerprint density at radius 1 is 1.43 bits per heavy atom. The van der Waals surface area contributed by atoms with Gasteiger partial charge in [0.1, 0.15) is 0 Å². The van der Waals surface area contributed by atoms with Crippen LogP contribution in [0.15, 0.2) is 24.3 Å². The number of anilines is 1. The van der Waals surface area contributed by atoms with E-state index in [2.05, 4.69) is 0 Å². The van der Waals surface area contributed by atoms with Gasteiger partial charge in [-0.15, -0.1) is 0 Å². The number of nitrogen functional groups attached to an aromatic ring is 1. The second kappa shape index (κ2) is 6.44. The van der Waals surface area contributed by atoms with Crippen LogP contribution in [0.3, 0.4) is 0 Å². The topological polar surface area (TPSA) is 89.7 Å². The summed E-state index contributed by atoms with van der Waals surface area (Å²) < 4.78 is 31.0. The standard InChI is InChI=1S/C14H20N2O4S/c1-20-14(17)11-6-4-8-16(9-11)21(18,19)10-12-5-2-3-7-13(12)15/h2-3,5,7,11H,4,6,8-10,15H2,1H3. The van der Waals surface area contributed by atoms with Crippen LogP contribution in [0.2, 0.25) is 0 Å². The number of benzene rings is 1. The third kappa shape index (κ3) is 3.74. The summed E-state index contributed by atoms with van der Waals surface area (Å²) in [7, 11) is -2.17. The number of piperidine rings is 1. The zero-order valence-electron chi connectivity index (χ0n) is 12.0. The minimum Gasteiger partial charge on any atom is -0.469 e. The minimum absolute atomic E-state index is 0.145. The van der Waals surface area contributed by atoms with Crippen LogP contribution in [0.25, 0.3) is 0 Å². The fraction of sp³-hybridized carbons (Fsp3) is 0.500. The molecular weight excluding hydrogens is 292 g/mol. The highest BCUT2D eigenvalue weighted by Gasteiger charge is 2.33. The van der Waals surface area contributed by atoms with Crippen molar-refractivity contribution in [3.05, 3.63) is 29.8 Å². The van der Waals surface area contributed by atoms with Crippen LogP contribution in [0.5, 0.6) is 0 Å². The monoisotopic (exact) mass is 312 g/mol. The first kappa shape index (κ1) is 15.8. The smallest absolute Gasteiger partial charge is 0.309 e. The van der Waals surface area contributed by atoms with Crippen molar-refractivity contribution in [3.8, 4) is 0 Å². The SMILES string of the molecule is COC(=O)C1CCCN(S(=O)(=O)Cc2ccccc2N)C1. The van der Waals surface area contributed by atoms with Gasteiger partial charge < -0.3 is 10.5 Å². The highest BCUT2D eigenvalue weighted by atomic mass is 32.2. The van der Waals surface area contributed by atoms with Gasteiger partial charge in [-0.25, -0.2) is 12.7 Å². The van der Waals surface area contributed by atoms with Crippen LogP contribution in [-0.4, -0.2) is 38.9 Å². The van der Waals surface area contributed by atoms with Gasteiger partial charge in [0.15, 0.2) is 0 Å². The van der Waals surface area contributed by atoms with E-state index in [1.165, 1.54) is 11.4 Å². The number of methoxy groups -OCH3 is 1. The second-order valence-electron chi connectivity index (χ2n) is 5.18. The van der Waals surface area contributed by atoms with Crippen molar-refractivity contribution in [3.63, 3.8) is 0 Å². The van der Waals surface area contributed by atoms with E-state index in [4.69, 9.17) is 10.5 Å². The Morgan fingerprint density at radius 2 is 2.14 bits per heavy atom. The Labute approximate surface area is 124 Å². The molecule has 7 heteroatoms. The molecule has 0 aliphatic carbocycles. The molecule has 1 heterocycles. The minimum atomic E-state index is -3.49. The summed E-state index contributed by atoms with van der Waals surface area (Å²) in [5.41, 5.74) is 6.84. The van der Waals surface area contributed by atoms with E-state index in [9.17, 15) is 13.2 Å². The lowest BCUT2D eigenvalue weighted by Gasteiger charge is -2.30. The predicted octanol–water partition coefficient (Wildman–Crippen LogP) is 0.984. The van der Waals surface area contributed by atoms with Gasteiger partial charge in [0.05, 0.1) is 18.8 Å². The number of carbonyl (C=O) groups excluding carboxylic acids is 1. The average Bonchev–Trinajstić information content (AvgIpc) is 2.49. The summed E-state index contributed by atoms with van der Waals surface area (Å²) in [6.07, 6.45) is 1.31. The molecule has 2 N–H and O–H groups in total. The van der Waals surface area contributed by atoms with E-state index in [0.29, 0.717) is 30.6 Å². The Morgan fingerprint density at radius 3 is 2.81 bits per heavy atom. The molecule has 1 aromatic rings. The summed E-state index contributed by atoms with van der Waals surface area (Å²) in [5, 5.41) is 0. The molecule has 21 heavy (non-hydrogen) atoms. The largest absolute Gasteiger partial charge is 0.469 e. The van der Waals surface area contributed by atoms with E-state index in [1.807, 2.05) is 0 Å². The average molecular weight is 312 g/mol. The van der Waals surface area contributed by atoms with E-state index in [-0.39, 0.29) is 24.2 Å². The lowest BCUT2D eigenvalue weighted by atomic mass is 10.0. The molecule has 0 bridgehead atoms. The molecule has 2 rings (SSSR count). The van der Waals surface area contributed by atoms with Gasteiger partial charge in [-0.2, -0.15) is 0 Å². The van der Waals surface area contributed by atoms with Crippen LogP contribution in [0, 0.1) is 5.92 Å². The van der Waals surface area contributed by atoms with Crippen LogP contribution < -0.4 is 5.73 Å². The molecule has 1 aromatic carbocycles. The molecule has 0 amide bonds. The summed E-state index contributed by atoms with van der Waals surface area (Å²) >= 11 is 0. The normalized spacial score (nSPS) is 20.1. The van der Waals surface area contributed by atoms with E-state index in [1.54, 1.807) is 24.3 Å². The molecule has 0 aromatic heterocycles. The fourth-order valence-electron chi connectivity index (χ4n) is 2.51. The Kier molecular flexibility index (Phi) is 4.84. The first-order valence-corrected chi connectivity index (χ1v) is 8.44. The number of esters is 1. The van der Waals surface area contributed by atoms with Gasteiger partial charge in [0.2, 0.25) is 10.0 Å². The summed E-state index contributed by atoms with van der Waals surface area (Å²) in [5.74, 6) is -0.881. The number of para-hydroxylation sites is 1. The van der Waals surface area contributed by atoms with Gasteiger partial charge in [0.25, 0.3) is 0 Å².